The van der Waals surface area contributed by atoms with Crippen LogP contribution in [0.5, 0.6) is 0 Å². The summed E-state index contributed by atoms with van der Waals surface area (Å²) in [5.41, 5.74) is 7.40. The van der Waals surface area contributed by atoms with Gasteiger partial charge in [-0.05, 0) is 18.6 Å². The van der Waals surface area contributed by atoms with Crippen molar-refractivity contribution in [1.29, 1.82) is 5.41 Å². The molecule has 0 fully saturated rings. The molecule has 0 aliphatic carbocycles. The van der Waals surface area contributed by atoms with Crippen LogP contribution in [0.15, 0.2) is 36.9 Å². The third-order valence-electron chi connectivity index (χ3n) is 2.90. The molecule has 6 nitrogen and oxygen atoms in total. The van der Waals surface area contributed by atoms with E-state index in [0.717, 1.165) is 17.1 Å². The molecule has 104 valence electrons. The summed E-state index contributed by atoms with van der Waals surface area (Å²) in [6.45, 7) is 3.22. The molecule has 0 unspecified atom stereocenters. The van der Waals surface area contributed by atoms with E-state index in [2.05, 4.69) is 19.9 Å². The molecule has 2 rings (SSSR count). The highest BCUT2D eigenvalue weighted by atomic mass is 15.2. The summed E-state index contributed by atoms with van der Waals surface area (Å²) in [5, 5.41) is 7.39. The van der Waals surface area contributed by atoms with Crippen LogP contribution in [-0.4, -0.2) is 27.3 Å². The van der Waals surface area contributed by atoms with Gasteiger partial charge in [0, 0.05) is 44.3 Å². The fraction of sp³-hybridized carbons (Fsp3) is 0.286. The van der Waals surface area contributed by atoms with Crippen LogP contribution < -0.4 is 10.6 Å². The topological polar surface area (TPSA) is 91.8 Å². The van der Waals surface area contributed by atoms with Crippen molar-refractivity contribution in [1.82, 2.24) is 15.0 Å². The summed E-state index contributed by atoms with van der Waals surface area (Å²) < 4.78 is 0. The van der Waals surface area contributed by atoms with E-state index < -0.39 is 0 Å². The second-order valence-corrected chi connectivity index (χ2v) is 4.52. The molecule has 3 N–H and O–H groups in total. The number of nitrogens with two attached hydrogens (primary N) is 1. The zero-order valence-corrected chi connectivity index (χ0v) is 11.5. The van der Waals surface area contributed by atoms with Crippen LogP contribution in [0.1, 0.15) is 17.7 Å². The first-order valence-corrected chi connectivity index (χ1v) is 6.41. The van der Waals surface area contributed by atoms with E-state index in [9.17, 15) is 0 Å². The van der Waals surface area contributed by atoms with Crippen molar-refractivity contribution in [2.45, 2.75) is 19.9 Å². The largest absolute Gasteiger partial charge is 0.388 e. The van der Waals surface area contributed by atoms with Crippen molar-refractivity contribution < 1.29 is 0 Å². The zero-order valence-electron chi connectivity index (χ0n) is 11.5. The molecule has 0 radical (unpaired) electrons. The molecule has 0 amide bonds. The lowest BCUT2D eigenvalue weighted by atomic mass is 10.2. The van der Waals surface area contributed by atoms with E-state index in [-0.39, 0.29) is 5.84 Å². The molecule has 0 bridgehead atoms. The Balaban J connectivity index is 2.20. The third-order valence-corrected chi connectivity index (χ3v) is 2.90. The van der Waals surface area contributed by atoms with E-state index >= 15 is 0 Å². The number of nitrogens with zero attached hydrogens (tertiary/aromatic N) is 4. The SMILES string of the molecule is Cc1nccnc1N(CCC(=N)N)Cc1cccnc1. The highest BCUT2D eigenvalue weighted by Crippen LogP contribution is 2.17. The van der Waals surface area contributed by atoms with Crippen LogP contribution in [0, 0.1) is 12.3 Å². The number of rotatable bonds is 6. The molecular formula is C14H18N6. The van der Waals surface area contributed by atoms with Gasteiger partial charge in [-0.15, -0.1) is 0 Å². The second-order valence-electron chi connectivity index (χ2n) is 4.52. The van der Waals surface area contributed by atoms with Gasteiger partial charge in [0.2, 0.25) is 0 Å². The fourth-order valence-corrected chi connectivity index (χ4v) is 1.94. The maximum absolute atomic E-state index is 7.39. The summed E-state index contributed by atoms with van der Waals surface area (Å²) in [6.07, 6.45) is 7.41. The summed E-state index contributed by atoms with van der Waals surface area (Å²) in [7, 11) is 0. The van der Waals surface area contributed by atoms with Crippen molar-refractivity contribution in [2.24, 2.45) is 5.73 Å². The number of aryl methyl sites for hydroxylation is 1. The molecule has 6 heteroatoms. The minimum Gasteiger partial charge on any atom is -0.388 e. The first-order chi connectivity index (χ1) is 9.66. The van der Waals surface area contributed by atoms with Crippen LogP contribution in [-0.2, 0) is 6.54 Å². The lowest BCUT2D eigenvalue weighted by Crippen LogP contribution is -2.29. The van der Waals surface area contributed by atoms with Crippen LogP contribution in [0.4, 0.5) is 5.82 Å². The third kappa shape index (κ3) is 3.74. The summed E-state index contributed by atoms with van der Waals surface area (Å²) >= 11 is 0. The quantitative estimate of drug-likeness (QED) is 0.613. The Bertz CT molecular complexity index is 569. The van der Waals surface area contributed by atoms with Crippen molar-refractivity contribution in [3.63, 3.8) is 0 Å². The molecule has 2 aromatic rings. The number of anilines is 1. The lowest BCUT2D eigenvalue weighted by Gasteiger charge is -2.24. The van der Waals surface area contributed by atoms with Gasteiger partial charge in [0.1, 0.15) is 5.82 Å². The Morgan fingerprint density at radius 2 is 2.10 bits per heavy atom. The van der Waals surface area contributed by atoms with E-state index in [1.165, 1.54) is 0 Å². The maximum Gasteiger partial charge on any atom is 0.150 e. The average molecular weight is 270 g/mol. The van der Waals surface area contributed by atoms with Crippen LogP contribution in [0.3, 0.4) is 0 Å². The maximum atomic E-state index is 7.39. The van der Waals surface area contributed by atoms with E-state index in [4.69, 9.17) is 11.1 Å². The molecule has 0 aliphatic rings. The van der Waals surface area contributed by atoms with Crippen LogP contribution in [0.2, 0.25) is 0 Å². The number of aromatic nitrogens is 3. The van der Waals surface area contributed by atoms with Crippen molar-refractivity contribution in [3.05, 3.63) is 48.2 Å². The Labute approximate surface area is 118 Å². The monoisotopic (exact) mass is 270 g/mol. The smallest absolute Gasteiger partial charge is 0.150 e. The molecule has 2 aromatic heterocycles. The van der Waals surface area contributed by atoms with Crippen molar-refractivity contribution >= 4 is 11.7 Å². The first-order valence-electron chi connectivity index (χ1n) is 6.41. The van der Waals surface area contributed by atoms with Gasteiger partial charge in [-0.3, -0.25) is 15.4 Å². The molecule has 0 spiro atoms. The Morgan fingerprint density at radius 1 is 1.30 bits per heavy atom. The van der Waals surface area contributed by atoms with Gasteiger partial charge in [-0.1, -0.05) is 6.07 Å². The van der Waals surface area contributed by atoms with Gasteiger partial charge in [0.15, 0.2) is 0 Å². The molecule has 20 heavy (non-hydrogen) atoms. The highest BCUT2D eigenvalue weighted by Gasteiger charge is 2.12. The number of amidine groups is 1. The second kappa shape index (κ2) is 6.60. The van der Waals surface area contributed by atoms with Gasteiger partial charge in [-0.2, -0.15) is 0 Å². The van der Waals surface area contributed by atoms with Gasteiger partial charge in [0.05, 0.1) is 11.5 Å². The fourth-order valence-electron chi connectivity index (χ4n) is 1.94. The van der Waals surface area contributed by atoms with E-state index in [0.29, 0.717) is 19.5 Å². The predicted octanol–water partition coefficient (Wildman–Crippen LogP) is 1.51. The van der Waals surface area contributed by atoms with Gasteiger partial charge in [0.25, 0.3) is 0 Å². The molecule has 2 heterocycles. The first kappa shape index (κ1) is 13.9. The Kier molecular flexibility index (Phi) is 4.60. The molecular weight excluding hydrogens is 252 g/mol. The predicted molar refractivity (Wildman–Crippen MR) is 78.6 cm³/mol. The Hall–Kier alpha value is -2.50. The zero-order chi connectivity index (χ0) is 14.4. The van der Waals surface area contributed by atoms with Crippen molar-refractivity contribution in [2.75, 3.05) is 11.4 Å². The molecule has 0 atom stereocenters. The summed E-state index contributed by atoms with van der Waals surface area (Å²) in [5.74, 6) is 0.986. The number of pyridine rings is 1. The minimum absolute atomic E-state index is 0.169. The van der Waals surface area contributed by atoms with Crippen LogP contribution >= 0.6 is 0 Å². The van der Waals surface area contributed by atoms with Gasteiger partial charge in [-0.25, -0.2) is 4.98 Å². The lowest BCUT2D eigenvalue weighted by molar-refractivity contribution is 0.774. The Morgan fingerprint density at radius 3 is 2.75 bits per heavy atom. The molecule has 0 aliphatic heterocycles. The van der Waals surface area contributed by atoms with Gasteiger partial charge < -0.3 is 10.6 Å². The normalized spacial score (nSPS) is 10.2. The number of nitrogens with one attached hydrogen (secondary N) is 1. The number of hydrogen-bond donors (Lipinski definition) is 2. The standard InChI is InChI=1S/C14H18N6/c1-11-14(19-7-6-18-11)20(8-4-13(15)16)10-12-3-2-5-17-9-12/h2-3,5-7,9H,4,8,10H2,1H3,(H3,15,16). The summed E-state index contributed by atoms with van der Waals surface area (Å²) in [6, 6.07) is 3.92. The average Bonchev–Trinajstić information content (AvgIpc) is 2.45. The summed E-state index contributed by atoms with van der Waals surface area (Å²) in [4.78, 5) is 14.8. The van der Waals surface area contributed by atoms with Gasteiger partial charge >= 0.3 is 0 Å². The van der Waals surface area contributed by atoms with Crippen LogP contribution in [0.25, 0.3) is 0 Å². The molecule has 0 saturated carbocycles. The molecule has 0 saturated heterocycles. The highest BCUT2D eigenvalue weighted by molar-refractivity contribution is 5.77. The molecule has 0 aromatic carbocycles. The van der Waals surface area contributed by atoms with E-state index in [1.54, 1.807) is 18.6 Å². The number of hydrogen-bond acceptors (Lipinski definition) is 5. The van der Waals surface area contributed by atoms with Crippen molar-refractivity contribution in [3.8, 4) is 0 Å². The minimum atomic E-state index is 0.169. The van der Waals surface area contributed by atoms with E-state index in [1.807, 2.05) is 25.3 Å².